The molecule has 1 aliphatic rings. The molecule has 0 amide bonds. The zero-order valence-electron chi connectivity index (χ0n) is 15.2. The van der Waals surface area contributed by atoms with Crippen molar-refractivity contribution in [2.45, 2.75) is 51.5 Å². The van der Waals surface area contributed by atoms with Gasteiger partial charge in [-0.2, -0.15) is 0 Å². The summed E-state index contributed by atoms with van der Waals surface area (Å²) in [5, 5.41) is 15.0. The standard InChI is InChI=1S/C20H25N3O3/c1-14(2)19-10-16(22-12-15-6-4-3-5-7-15)11-20(26-19)17-8-9-21-13-18(17)23(24)25/h3-9,13-14,16,19-20,22H,10-12H2,1-2H3/t16-,19-,20+/m0/s1. The summed E-state index contributed by atoms with van der Waals surface area (Å²) < 4.78 is 6.23. The maximum atomic E-state index is 11.4. The summed E-state index contributed by atoms with van der Waals surface area (Å²) in [5.41, 5.74) is 1.87. The molecule has 1 N–H and O–H groups in total. The zero-order valence-corrected chi connectivity index (χ0v) is 15.2. The largest absolute Gasteiger partial charge is 0.370 e. The molecular weight excluding hydrogens is 330 g/mol. The lowest BCUT2D eigenvalue weighted by molar-refractivity contribution is -0.386. The Kier molecular flexibility index (Phi) is 5.96. The maximum absolute atomic E-state index is 11.4. The van der Waals surface area contributed by atoms with Gasteiger partial charge in [0.15, 0.2) is 0 Å². The molecule has 138 valence electrons. The van der Waals surface area contributed by atoms with Gasteiger partial charge in [-0.15, -0.1) is 0 Å². The number of nitrogens with one attached hydrogen (secondary N) is 1. The minimum atomic E-state index is -0.378. The van der Waals surface area contributed by atoms with Crippen molar-refractivity contribution >= 4 is 5.69 Å². The lowest BCUT2D eigenvalue weighted by atomic mass is 9.89. The second kappa shape index (κ2) is 8.38. The maximum Gasteiger partial charge on any atom is 0.293 e. The van der Waals surface area contributed by atoms with Gasteiger partial charge in [0.25, 0.3) is 5.69 Å². The fourth-order valence-electron chi connectivity index (χ4n) is 3.43. The van der Waals surface area contributed by atoms with Crippen LogP contribution in [0.3, 0.4) is 0 Å². The van der Waals surface area contributed by atoms with Gasteiger partial charge in [-0.25, -0.2) is 0 Å². The molecule has 1 aromatic carbocycles. The third-order valence-electron chi connectivity index (χ3n) is 4.91. The summed E-state index contributed by atoms with van der Waals surface area (Å²) in [6.45, 7) is 5.03. The van der Waals surface area contributed by atoms with Crippen LogP contribution in [0.1, 0.15) is 43.9 Å². The van der Waals surface area contributed by atoms with Crippen molar-refractivity contribution in [2.75, 3.05) is 0 Å². The number of nitrogens with zero attached hydrogens (tertiary/aromatic N) is 2. The van der Waals surface area contributed by atoms with Crippen LogP contribution >= 0.6 is 0 Å². The number of ether oxygens (including phenoxy) is 1. The minimum absolute atomic E-state index is 0.0312. The lowest BCUT2D eigenvalue weighted by Crippen LogP contribution is -2.42. The summed E-state index contributed by atoms with van der Waals surface area (Å²) in [5.74, 6) is 0.347. The van der Waals surface area contributed by atoms with E-state index in [0.717, 1.165) is 13.0 Å². The first-order valence-corrected chi connectivity index (χ1v) is 9.05. The summed E-state index contributed by atoms with van der Waals surface area (Å²) in [6, 6.07) is 12.2. The molecule has 6 nitrogen and oxygen atoms in total. The van der Waals surface area contributed by atoms with Gasteiger partial charge in [-0.1, -0.05) is 44.2 Å². The van der Waals surface area contributed by atoms with Crippen molar-refractivity contribution in [3.63, 3.8) is 0 Å². The molecule has 1 aliphatic heterocycles. The molecule has 2 heterocycles. The highest BCUT2D eigenvalue weighted by Gasteiger charge is 2.34. The van der Waals surface area contributed by atoms with Crippen molar-refractivity contribution in [1.82, 2.24) is 10.3 Å². The zero-order chi connectivity index (χ0) is 18.5. The van der Waals surface area contributed by atoms with E-state index < -0.39 is 0 Å². The Hall–Kier alpha value is -2.31. The second-order valence-corrected chi connectivity index (χ2v) is 7.13. The first kappa shape index (κ1) is 18.5. The number of benzene rings is 1. The van der Waals surface area contributed by atoms with E-state index in [2.05, 4.69) is 36.3 Å². The fraction of sp³-hybridized carbons (Fsp3) is 0.450. The molecule has 0 bridgehead atoms. The van der Waals surface area contributed by atoms with Crippen LogP contribution in [-0.2, 0) is 11.3 Å². The Morgan fingerprint density at radius 1 is 1.27 bits per heavy atom. The van der Waals surface area contributed by atoms with E-state index in [1.165, 1.54) is 11.8 Å². The van der Waals surface area contributed by atoms with Crippen molar-refractivity contribution in [2.24, 2.45) is 5.92 Å². The summed E-state index contributed by atoms with van der Waals surface area (Å²) in [4.78, 5) is 14.9. The predicted octanol–water partition coefficient (Wildman–Crippen LogP) is 4.02. The van der Waals surface area contributed by atoms with Gasteiger partial charge in [-0.3, -0.25) is 15.1 Å². The molecule has 3 atom stereocenters. The van der Waals surface area contributed by atoms with Crippen molar-refractivity contribution in [3.8, 4) is 0 Å². The van der Waals surface area contributed by atoms with Crippen LogP contribution in [0.15, 0.2) is 48.8 Å². The van der Waals surface area contributed by atoms with Crippen molar-refractivity contribution < 1.29 is 9.66 Å². The molecule has 26 heavy (non-hydrogen) atoms. The first-order chi connectivity index (χ1) is 12.5. The normalized spacial score (nSPS) is 23.1. The number of hydrogen-bond donors (Lipinski definition) is 1. The lowest BCUT2D eigenvalue weighted by Gasteiger charge is -2.38. The summed E-state index contributed by atoms with van der Waals surface area (Å²) >= 11 is 0. The van der Waals surface area contributed by atoms with Gasteiger partial charge in [-0.05, 0) is 30.4 Å². The van der Waals surface area contributed by atoms with Crippen LogP contribution in [0.5, 0.6) is 0 Å². The topological polar surface area (TPSA) is 77.3 Å². The van der Waals surface area contributed by atoms with Crippen LogP contribution in [-0.4, -0.2) is 22.1 Å². The smallest absolute Gasteiger partial charge is 0.293 e. The van der Waals surface area contributed by atoms with Crippen LogP contribution in [0, 0.1) is 16.0 Å². The minimum Gasteiger partial charge on any atom is -0.370 e. The Balaban J connectivity index is 1.77. The molecule has 1 fully saturated rings. The Labute approximate surface area is 153 Å². The van der Waals surface area contributed by atoms with Gasteiger partial charge >= 0.3 is 0 Å². The molecule has 0 radical (unpaired) electrons. The molecule has 0 saturated carbocycles. The number of rotatable bonds is 6. The number of nitro groups is 1. The molecule has 0 spiro atoms. The Morgan fingerprint density at radius 3 is 2.73 bits per heavy atom. The SMILES string of the molecule is CC(C)[C@@H]1C[C@H](NCc2ccccc2)C[C@H](c2ccncc2[N+](=O)[O-])O1. The molecule has 1 aromatic heterocycles. The molecule has 0 aliphatic carbocycles. The highest BCUT2D eigenvalue weighted by Crippen LogP contribution is 2.37. The van der Waals surface area contributed by atoms with E-state index in [1.54, 1.807) is 12.3 Å². The van der Waals surface area contributed by atoms with Gasteiger partial charge < -0.3 is 10.1 Å². The van der Waals surface area contributed by atoms with Crippen LogP contribution in [0.2, 0.25) is 0 Å². The van der Waals surface area contributed by atoms with E-state index >= 15 is 0 Å². The van der Waals surface area contributed by atoms with Gasteiger partial charge in [0.1, 0.15) is 6.20 Å². The summed E-state index contributed by atoms with van der Waals surface area (Å²) in [7, 11) is 0. The molecule has 6 heteroatoms. The van der Waals surface area contributed by atoms with E-state index in [1.807, 2.05) is 18.2 Å². The number of hydrogen-bond acceptors (Lipinski definition) is 5. The van der Waals surface area contributed by atoms with E-state index in [9.17, 15) is 10.1 Å². The number of aromatic nitrogens is 1. The second-order valence-electron chi connectivity index (χ2n) is 7.13. The van der Waals surface area contributed by atoms with E-state index in [0.29, 0.717) is 17.9 Å². The Bertz CT molecular complexity index is 736. The summed E-state index contributed by atoms with van der Waals surface area (Å²) in [6.07, 6.45) is 4.28. The third kappa shape index (κ3) is 4.45. The molecule has 0 unspecified atom stereocenters. The first-order valence-electron chi connectivity index (χ1n) is 9.05. The molecule has 1 saturated heterocycles. The highest BCUT2D eigenvalue weighted by molar-refractivity contribution is 5.39. The molecule has 2 aromatic rings. The predicted molar refractivity (Wildman–Crippen MR) is 99.6 cm³/mol. The monoisotopic (exact) mass is 355 g/mol. The quantitative estimate of drug-likeness (QED) is 0.625. The molecule has 3 rings (SSSR count). The van der Waals surface area contributed by atoms with E-state index in [-0.39, 0.29) is 28.9 Å². The van der Waals surface area contributed by atoms with Gasteiger partial charge in [0.05, 0.1) is 22.7 Å². The fourth-order valence-corrected chi connectivity index (χ4v) is 3.43. The van der Waals surface area contributed by atoms with Crippen LogP contribution in [0.4, 0.5) is 5.69 Å². The number of pyridine rings is 1. The third-order valence-corrected chi connectivity index (χ3v) is 4.91. The van der Waals surface area contributed by atoms with Crippen molar-refractivity contribution in [1.29, 1.82) is 0 Å². The van der Waals surface area contributed by atoms with E-state index in [4.69, 9.17) is 4.74 Å². The van der Waals surface area contributed by atoms with Crippen LogP contribution in [0.25, 0.3) is 0 Å². The van der Waals surface area contributed by atoms with Crippen LogP contribution < -0.4 is 5.32 Å². The average molecular weight is 355 g/mol. The van der Waals surface area contributed by atoms with Gasteiger partial charge in [0, 0.05) is 18.8 Å². The Morgan fingerprint density at radius 2 is 2.04 bits per heavy atom. The molecular formula is C20H25N3O3. The average Bonchev–Trinajstić information content (AvgIpc) is 2.67. The van der Waals surface area contributed by atoms with Crippen molar-refractivity contribution in [3.05, 3.63) is 70.0 Å². The highest BCUT2D eigenvalue weighted by atomic mass is 16.6. The van der Waals surface area contributed by atoms with Gasteiger partial charge in [0.2, 0.25) is 0 Å².